The van der Waals surface area contributed by atoms with E-state index in [0.29, 0.717) is 50.4 Å². The van der Waals surface area contributed by atoms with Crippen LogP contribution in [0.3, 0.4) is 0 Å². The number of amides is 6. The van der Waals surface area contributed by atoms with Crippen molar-refractivity contribution in [1.29, 1.82) is 0 Å². The zero-order valence-corrected chi connectivity index (χ0v) is 46.5. The number of carbonyl (C=O) groups is 6. The van der Waals surface area contributed by atoms with Gasteiger partial charge < -0.3 is 51.2 Å². The highest BCUT2D eigenvalue weighted by atomic mass is 35.5. The van der Waals surface area contributed by atoms with Gasteiger partial charge in [0.15, 0.2) is 0 Å². The van der Waals surface area contributed by atoms with Crippen molar-refractivity contribution in [3.63, 3.8) is 0 Å². The van der Waals surface area contributed by atoms with Crippen molar-refractivity contribution in [2.75, 3.05) is 52.0 Å². The van der Waals surface area contributed by atoms with Crippen molar-refractivity contribution in [1.82, 2.24) is 41.7 Å². The Balaban J connectivity index is 0.00000562. The Hall–Kier alpha value is -3.62. The molecule has 72 heavy (non-hydrogen) atoms. The highest BCUT2D eigenvalue weighted by Crippen LogP contribution is 2.48. The number of hydrogen-bond donors (Lipinski definition) is 6. The summed E-state index contributed by atoms with van der Waals surface area (Å²) in [5.74, 6) is -0.00348. The molecule has 4 unspecified atom stereocenters. The first-order valence-electron chi connectivity index (χ1n) is 25.2. The molecule has 4 heterocycles. The molecule has 20 heteroatoms. The number of rotatable bonds is 23. The van der Waals surface area contributed by atoms with Crippen LogP contribution < -0.4 is 31.9 Å². The summed E-state index contributed by atoms with van der Waals surface area (Å²) < 4.78 is 12.4. The fourth-order valence-electron chi connectivity index (χ4n) is 10.0. The highest BCUT2D eigenvalue weighted by Gasteiger charge is 2.56. The van der Waals surface area contributed by atoms with Crippen LogP contribution in [0, 0.1) is 10.8 Å². The minimum Gasteiger partial charge on any atom is -0.379 e. The predicted octanol–water partition coefficient (Wildman–Crippen LogP) is 5.50. The Morgan fingerprint density at radius 3 is 1.32 bits per heavy atom. The van der Waals surface area contributed by atoms with Crippen LogP contribution in [0.15, 0.2) is 60.7 Å². The Bertz CT molecular complexity index is 1950. The molecule has 2 aromatic carbocycles. The molecular formula is C52H80Cl2N8O8S2. The maximum absolute atomic E-state index is 14.4. The molecule has 6 rings (SSSR count). The summed E-state index contributed by atoms with van der Waals surface area (Å²) in [4.78, 5) is 86.1. The smallest absolute Gasteiger partial charge is 0.246 e. The van der Waals surface area contributed by atoms with Gasteiger partial charge in [0, 0.05) is 13.2 Å². The van der Waals surface area contributed by atoms with Crippen LogP contribution in [0.5, 0.6) is 0 Å². The van der Waals surface area contributed by atoms with Crippen LogP contribution in [0.25, 0.3) is 0 Å². The molecule has 402 valence electrons. The first kappa shape index (κ1) is 60.9. The minimum atomic E-state index is -0.720. The number of nitrogens with zero attached hydrogens (tertiary/aromatic N) is 2. The van der Waals surface area contributed by atoms with Crippen molar-refractivity contribution in [3.8, 4) is 0 Å². The van der Waals surface area contributed by atoms with Gasteiger partial charge in [-0.1, -0.05) is 101 Å². The average Bonchev–Trinajstić information content (AvgIpc) is 3.66. The zero-order chi connectivity index (χ0) is 50.6. The van der Waals surface area contributed by atoms with Gasteiger partial charge in [0.2, 0.25) is 35.4 Å². The van der Waals surface area contributed by atoms with E-state index in [1.54, 1.807) is 61.3 Å². The lowest BCUT2D eigenvalue weighted by molar-refractivity contribution is -0.144. The van der Waals surface area contributed by atoms with Crippen molar-refractivity contribution in [2.24, 2.45) is 10.8 Å². The van der Waals surface area contributed by atoms with Gasteiger partial charge in [0.1, 0.15) is 24.2 Å². The number of unbranched alkanes of at least 4 members (excludes halogenated alkanes) is 3. The molecule has 0 aliphatic carbocycles. The standard InChI is InChI=1S/C52H78N8O8S2.2ClH/c1-33(53-7)45(61)55-37-23-27-69-41-29-51(3,4)43(59(41)49(37)65)47(63)57-39(35-19-13-11-14-20-35)31-67-25-17-9-10-18-26-68-32-40(36-21-15-12-16-22-36)58-48(64)44-52(5,6)30-42-60(44)50(66)38(24-28-70-42)56-46(62)34(2)54-8;;/h11-16,19-22,33-34,37-44,53-54H,9-10,17-18,23-32H2,1-8H3,(H,55,61)(H,56,62)(H,57,63)(H,58,64);2*1H/t33?,34?,37-,38-,39?,40?,41-,42-,43+,44+;;/m0../s1. The molecule has 4 saturated heterocycles. The second kappa shape index (κ2) is 28.3. The number of thioether (sulfide) groups is 2. The molecule has 6 amide bonds. The molecule has 4 aliphatic rings. The minimum absolute atomic E-state index is 0. The van der Waals surface area contributed by atoms with E-state index in [0.717, 1.165) is 36.8 Å². The Morgan fingerprint density at radius 2 is 0.972 bits per heavy atom. The van der Waals surface area contributed by atoms with Crippen LogP contribution in [-0.2, 0) is 38.2 Å². The van der Waals surface area contributed by atoms with Crippen LogP contribution in [0.2, 0.25) is 0 Å². The van der Waals surface area contributed by atoms with Crippen molar-refractivity contribution in [3.05, 3.63) is 71.8 Å². The number of carbonyl (C=O) groups excluding carboxylic acids is 6. The van der Waals surface area contributed by atoms with E-state index >= 15 is 0 Å². The number of fused-ring (bicyclic) bond motifs is 2. The normalized spacial score (nSPS) is 24.9. The predicted molar refractivity (Wildman–Crippen MR) is 290 cm³/mol. The SMILES string of the molecule is CNC(C)C(=O)N[C@H]1CCS[C@H]2CC(C)(C)[C@@H](C(=O)NC(COCCCCCCOCC(NC(=O)[C@H]3N4C(=O)[C@@H](NC(=O)C(C)NC)CCS[C@H]4CC3(C)C)c3ccccc3)c3ccccc3)N2C1=O.Cl.Cl. The lowest BCUT2D eigenvalue weighted by Crippen LogP contribution is -2.58. The van der Waals surface area contributed by atoms with E-state index in [1.807, 2.05) is 88.4 Å². The number of nitrogens with one attached hydrogen (secondary N) is 6. The highest BCUT2D eigenvalue weighted by molar-refractivity contribution is 8.00. The Kier molecular flexibility index (Phi) is 24.0. The van der Waals surface area contributed by atoms with E-state index in [4.69, 9.17) is 9.47 Å². The molecule has 2 aromatic rings. The molecule has 0 saturated carbocycles. The summed E-state index contributed by atoms with van der Waals surface area (Å²) in [5, 5.41) is 17.9. The van der Waals surface area contributed by atoms with E-state index in [1.165, 1.54) is 0 Å². The van der Waals surface area contributed by atoms with Gasteiger partial charge >= 0.3 is 0 Å². The molecular weight excluding hydrogens is 1000 g/mol. The van der Waals surface area contributed by atoms with Gasteiger partial charge in [-0.15, -0.1) is 48.3 Å². The van der Waals surface area contributed by atoms with Crippen LogP contribution in [0.1, 0.15) is 116 Å². The fraction of sp³-hybridized carbons (Fsp3) is 0.654. The Morgan fingerprint density at radius 1 is 0.611 bits per heavy atom. The van der Waals surface area contributed by atoms with Gasteiger partial charge in [0.25, 0.3) is 0 Å². The lowest BCUT2D eigenvalue weighted by Gasteiger charge is -2.35. The fourth-order valence-corrected chi connectivity index (χ4v) is 13.2. The van der Waals surface area contributed by atoms with Gasteiger partial charge in [-0.05, 0) is 99.9 Å². The summed E-state index contributed by atoms with van der Waals surface area (Å²) in [6, 6.07) is 14.9. The van der Waals surface area contributed by atoms with Gasteiger partial charge in [-0.2, -0.15) is 0 Å². The first-order valence-corrected chi connectivity index (χ1v) is 27.3. The molecule has 6 N–H and O–H groups in total. The third-order valence-electron chi connectivity index (χ3n) is 14.3. The molecule has 10 atom stereocenters. The molecule has 16 nitrogen and oxygen atoms in total. The average molecular weight is 1080 g/mol. The maximum atomic E-state index is 14.4. The van der Waals surface area contributed by atoms with Crippen molar-refractivity contribution in [2.45, 2.75) is 152 Å². The number of benzene rings is 2. The maximum Gasteiger partial charge on any atom is 0.246 e. The molecule has 4 aliphatic heterocycles. The summed E-state index contributed by atoms with van der Waals surface area (Å²) >= 11 is 3.34. The van der Waals surface area contributed by atoms with Gasteiger partial charge in [0.05, 0.1) is 48.1 Å². The lowest BCUT2D eigenvalue weighted by atomic mass is 9.83. The topological polar surface area (TPSA) is 200 Å². The number of hydrogen-bond acceptors (Lipinski definition) is 12. The van der Waals surface area contributed by atoms with E-state index in [-0.39, 0.29) is 84.2 Å². The second-order valence-corrected chi connectivity index (χ2v) is 23.1. The van der Waals surface area contributed by atoms with Crippen molar-refractivity contribution >= 4 is 83.8 Å². The second-order valence-electron chi connectivity index (χ2n) is 20.6. The third-order valence-corrected chi connectivity index (χ3v) is 16.8. The quantitative estimate of drug-likeness (QED) is 0.0766. The summed E-state index contributed by atoms with van der Waals surface area (Å²) in [6.45, 7) is 13.2. The molecule has 0 radical (unpaired) electrons. The molecule has 0 aromatic heterocycles. The molecule has 0 bridgehead atoms. The van der Waals surface area contributed by atoms with E-state index in [9.17, 15) is 28.8 Å². The molecule has 4 fully saturated rings. The van der Waals surface area contributed by atoms with Crippen molar-refractivity contribution < 1.29 is 38.2 Å². The zero-order valence-electron chi connectivity index (χ0n) is 43.2. The monoisotopic (exact) mass is 1080 g/mol. The number of ether oxygens (including phenoxy) is 2. The first-order chi connectivity index (χ1) is 33.5. The van der Waals surface area contributed by atoms with Crippen LogP contribution >= 0.6 is 48.3 Å². The van der Waals surface area contributed by atoms with E-state index < -0.39 is 59.2 Å². The van der Waals surface area contributed by atoms with Crippen LogP contribution in [0.4, 0.5) is 0 Å². The summed E-state index contributed by atoms with van der Waals surface area (Å²) in [6.07, 6.45) is 5.80. The number of halogens is 2. The number of likely N-dealkylation sites (N-methyl/N-ethyl adjacent to an activating group) is 2. The molecule has 0 spiro atoms. The van der Waals surface area contributed by atoms with E-state index in [2.05, 4.69) is 31.9 Å². The van der Waals surface area contributed by atoms with Gasteiger partial charge in [-0.3, -0.25) is 28.8 Å². The summed E-state index contributed by atoms with van der Waals surface area (Å²) in [5.41, 5.74) is 0.831. The van der Waals surface area contributed by atoms with Gasteiger partial charge in [-0.25, -0.2) is 0 Å². The van der Waals surface area contributed by atoms with Crippen LogP contribution in [-0.4, -0.2) is 144 Å². The Labute approximate surface area is 448 Å². The third kappa shape index (κ3) is 15.5. The summed E-state index contributed by atoms with van der Waals surface area (Å²) in [7, 11) is 3.41. The largest absolute Gasteiger partial charge is 0.379 e.